The molecule has 8 bridgehead atoms. The molecule has 0 spiro atoms. The summed E-state index contributed by atoms with van der Waals surface area (Å²) in [6.45, 7) is 9.14. The summed E-state index contributed by atoms with van der Waals surface area (Å²) in [5, 5.41) is 0. The van der Waals surface area contributed by atoms with Crippen molar-refractivity contribution in [1.82, 2.24) is 9.80 Å². The zero-order valence-corrected chi connectivity index (χ0v) is 37.5. The van der Waals surface area contributed by atoms with Crippen molar-refractivity contribution in [1.29, 1.82) is 0 Å². The van der Waals surface area contributed by atoms with Gasteiger partial charge in [-0.25, -0.2) is 0 Å². The van der Waals surface area contributed by atoms with E-state index in [1.165, 1.54) is 77.0 Å². The minimum atomic E-state index is -3.33. The average Bonchev–Trinajstić information content (AvgIpc) is 3.18. The third kappa shape index (κ3) is 14.0. The van der Waals surface area contributed by atoms with Gasteiger partial charge in [-0.1, -0.05) is 0 Å². The van der Waals surface area contributed by atoms with Crippen LogP contribution in [0.15, 0.2) is 0 Å². The molecule has 8 saturated carbocycles. The van der Waals surface area contributed by atoms with Crippen molar-refractivity contribution in [3.8, 4) is 0 Å². The van der Waals surface area contributed by atoms with Crippen molar-refractivity contribution in [2.24, 2.45) is 69.3 Å². The molecule has 57 heavy (non-hydrogen) atoms. The first-order valence-electron chi connectivity index (χ1n) is 23.6. The smallest absolute Gasteiger partial charge is 0.330 e. The van der Waals surface area contributed by atoms with Gasteiger partial charge in [0, 0.05) is 13.1 Å². The van der Waals surface area contributed by atoms with Crippen LogP contribution >= 0.6 is 15.2 Å². The molecule has 0 heterocycles. The van der Waals surface area contributed by atoms with Gasteiger partial charge in [-0.3, -0.25) is 9.13 Å². The zero-order chi connectivity index (χ0) is 40.2. The summed E-state index contributed by atoms with van der Waals surface area (Å²) in [7, 11) is -6.66. The summed E-state index contributed by atoms with van der Waals surface area (Å²) in [6.07, 6.45) is 22.2. The summed E-state index contributed by atoms with van der Waals surface area (Å²) in [5.41, 5.74) is 23.7. The van der Waals surface area contributed by atoms with E-state index in [-0.39, 0.29) is 10.8 Å². The normalized spacial score (nSPS) is 33.4. The molecule has 0 aliphatic heterocycles. The first kappa shape index (κ1) is 46.6. The minimum Gasteiger partial charge on any atom is -0.330 e. The highest BCUT2D eigenvalue weighted by Crippen LogP contribution is 2.63. The predicted molar refractivity (Wildman–Crippen MR) is 231 cm³/mol. The highest BCUT2D eigenvalue weighted by Gasteiger charge is 2.53. The third-order valence-electron chi connectivity index (χ3n) is 14.9. The number of rotatable bonds is 32. The van der Waals surface area contributed by atoms with Crippen LogP contribution in [0.4, 0.5) is 0 Å². The molecule has 0 amide bonds. The SMILES string of the molecule is NCCCN(CCCN)CCP(=O)(OCCCCCOP(=O)(CCN(CCCN)CCCN)OCC12CC3CC(CC(C3)C1)C2)OCC12CC3CC(CC(C3)C1)C2. The molecule has 2 atom stereocenters. The summed E-state index contributed by atoms with van der Waals surface area (Å²) in [6, 6.07) is 0. The Morgan fingerprint density at radius 3 is 1.00 bits per heavy atom. The topological polar surface area (TPSA) is 182 Å². The van der Waals surface area contributed by atoms with E-state index in [1.807, 2.05) is 0 Å². The van der Waals surface area contributed by atoms with Gasteiger partial charge in [0.15, 0.2) is 0 Å². The Bertz CT molecular complexity index is 1110. The van der Waals surface area contributed by atoms with E-state index in [9.17, 15) is 9.13 Å². The van der Waals surface area contributed by atoms with E-state index in [1.54, 1.807) is 0 Å². The lowest BCUT2D eigenvalue weighted by Crippen LogP contribution is -2.48. The van der Waals surface area contributed by atoms with Crippen LogP contribution in [0.3, 0.4) is 0 Å². The van der Waals surface area contributed by atoms with Crippen LogP contribution in [0.1, 0.15) is 122 Å². The van der Waals surface area contributed by atoms with Gasteiger partial charge in [0.25, 0.3) is 0 Å². The van der Waals surface area contributed by atoms with Crippen molar-refractivity contribution in [2.75, 3.05) is 104 Å². The summed E-state index contributed by atoms with van der Waals surface area (Å²) < 4.78 is 54.7. The molecule has 8 N–H and O–H groups in total. The number of nitrogens with two attached hydrogens (primary N) is 4. The first-order valence-corrected chi connectivity index (χ1v) is 27.0. The van der Waals surface area contributed by atoms with Gasteiger partial charge in [0.1, 0.15) is 0 Å². The molecule has 14 heteroatoms. The van der Waals surface area contributed by atoms with Gasteiger partial charge in [-0.05, 0) is 221 Å². The van der Waals surface area contributed by atoms with Crippen LogP contribution in [-0.4, -0.2) is 114 Å². The number of unbranched alkanes of at least 4 members (excludes halogenated alkanes) is 2. The maximum absolute atomic E-state index is 14.5. The van der Waals surface area contributed by atoms with E-state index in [2.05, 4.69) is 9.80 Å². The molecule has 0 saturated heterocycles. The predicted octanol–water partition coefficient (Wildman–Crippen LogP) is 7.04. The van der Waals surface area contributed by atoms with E-state index < -0.39 is 15.2 Å². The molecule has 332 valence electrons. The van der Waals surface area contributed by atoms with Crippen molar-refractivity contribution in [2.45, 2.75) is 122 Å². The lowest BCUT2D eigenvalue weighted by Gasteiger charge is -2.56. The van der Waals surface area contributed by atoms with Crippen molar-refractivity contribution in [3.05, 3.63) is 0 Å². The van der Waals surface area contributed by atoms with Crippen LogP contribution in [0.25, 0.3) is 0 Å². The van der Waals surface area contributed by atoms with Crippen LogP contribution in [-0.2, 0) is 27.2 Å². The van der Waals surface area contributed by atoms with Gasteiger partial charge >= 0.3 is 15.2 Å². The van der Waals surface area contributed by atoms with Gasteiger partial charge in [-0.15, -0.1) is 0 Å². The van der Waals surface area contributed by atoms with Crippen molar-refractivity contribution >= 4 is 15.2 Å². The fraction of sp³-hybridized carbons (Fsp3) is 1.00. The molecular formula is C43H84N6O6P2. The molecule has 8 aliphatic rings. The number of nitrogens with zero attached hydrogens (tertiary/aromatic N) is 2. The fourth-order valence-corrected chi connectivity index (χ4v) is 16.5. The van der Waals surface area contributed by atoms with Gasteiger partial charge in [0.2, 0.25) is 0 Å². The van der Waals surface area contributed by atoms with Gasteiger partial charge in [-0.2, -0.15) is 0 Å². The molecule has 8 fully saturated rings. The van der Waals surface area contributed by atoms with Crippen LogP contribution in [0.2, 0.25) is 0 Å². The lowest BCUT2D eigenvalue weighted by atomic mass is 9.50. The van der Waals surface area contributed by atoms with E-state index in [4.69, 9.17) is 41.0 Å². The summed E-state index contributed by atoms with van der Waals surface area (Å²) in [4.78, 5) is 4.64. The van der Waals surface area contributed by atoms with E-state index in [0.29, 0.717) is 78.0 Å². The largest absolute Gasteiger partial charge is 0.331 e. The highest BCUT2D eigenvalue weighted by molar-refractivity contribution is 7.54. The van der Waals surface area contributed by atoms with Crippen LogP contribution < -0.4 is 22.9 Å². The summed E-state index contributed by atoms with van der Waals surface area (Å²) >= 11 is 0. The minimum absolute atomic E-state index is 0.168. The van der Waals surface area contributed by atoms with Crippen LogP contribution in [0, 0.1) is 46.3 Å². The van der Waals surface area contributed by atoms with Gasteiger partial charge < -0.3 is 50.8 Å². The lowest BCUT2D eigenvalue weighted by molar-refractivity contribution is -0.0768. The Morgan fingerprint density at radius 1 is 0.421 bits per heavy atom. The molecule has 2 unspecified atom stereocenters. The maximum atomic E-state index is 14.5. The second-order valence-electron chi connectivity index (χ2n) is 20.0. The highest BCUT2D eigenvalue weighted by atomic mass is 31.2. The van der Waals surface area contributed by atoms with Gasteiger partial charge in [0.05, 0.1) is 38.8 Å². The van der Waals surface area contributed by atoms with E-state index in [0.717, 1.165) is 107 Å². The fourth-order valence-electron chi connectivity index (χ4n) is 13.0. The Morgan fingerprint density at radius 2 is 0.719 bits per heavy atom. The molecule has 0 aromatic rings. The van der Waals surface area contributed by atoms with E-state index >= 15 is 0 Å². The second-order valence-corrected chi connectivity index (χ2v) is 24.4. The third-order valence-corrected chi connectivity index (χ3v) is 18.6. The molecular weight excluding hydrogens is 758 g/mol. The Labute approximate surface area is 346 Å². The number of hydrogen-bond donors (Lipinski definition) is 4. The zero-order valence-electron chi connectivity index (χ0n) is 35.8. The molecule has 0 aromatic carbocycles. The molecule has 8 rings (SSSR count). The quantitative estimate of drug-likeness (QED) is 0.0401. The van der Waals surface area contributed by atoms with Crippen molar-refractivity contribution in [3.63, 3.8) is 0 Å². The molecule has 12 nitrogen and oxygen atoms in total. The first-order chi connectivity index (χ1) is 27.6. The molecule has 8 aliphatic carbocycles. The molecule has 0 radical (unpaired) electrons. The maximum Gasteiger partial charge on any atom is 0.331 e. The number of hydrogen-bond acceptors (Lipinski definition) is 12. The standard InChI is InChI=1S/C43H84N6O6P2/c44-8-4-12-48(13-5-9-45)16-20-56(50,54-34-42-28-36-22-37(29-42)24-38(23-36)30-42)52-18-2-1-3-19-53-57(51,21-17-49(14-6-10-46)15-7-11-47)55-35-43-31-39-25-40(32-43)27-41(26-39)33-43/h36-41H,1-35,44-47H2. The van der Waals surface area contributed by atoms with Crippen molar-refractivity contribution < 1.29 is 27.2 Å². The average molecular weight is 843 g/mol. The Hall–Kier alpha value is 0.0600. The van der Waals surface area contributed by atoms with Crippen LogP contribution in [0.5, 0.6) is 0 Å². The summed E-state index contributed by atoms with van der Waals surface area (Å²) in [5.74, 6) is 4.89. The Balaban J connectivity index is 0.996. The Kier molecular flexibility index (Phi) is 18.3. The monoisotopic (exact) mass is 843 g/mol. The molecule has 0 aromatic heterocycles. The second kappa shape index (κ2) is 22.4.